The summed E-state index contributed by atoms with van der Waals surface area (Å²) < 4.78 is 18.0. The highest BCUT2D eigenvalue weighted by Crippen LogP contribution is 2.11. The highest BCUT2D eigenvalue weighted by molar-refractivity contribution is 5.77. The highest BCUT2D eigenvalue weighted by atomic mass is 19.1. The molecule has 0 spiro atoms. The zero-order chi connectivity index (χ0) is 12.8. The largest absolute Gasteiger partial charge is 0.484 e. The van der Waals surface area contributed by atoms with Gasteiger partial charge in [0.25, 0.3) is 5.91 Å². The first kappa shape index (κ1) is 12.1. The zero-order valence-corrected chi connectivity index (χ0v) is 9.52. The van der Waals surface area contributed by atoms with E-state index in [1.807, 2.05) is 0 Å². The van der Waals surface area contributed by atoms with E-state index in [0.29, 0.717) is 12.3 Å². The van der Waals surface area contributed by atoms with Crippen LogP contribution in [0.15, 0.2) is 36.7 Å². The standard InChI is InChI=1S/C12H12FN3O2/c13-10-2-1-3-11(4-10)18-8-12(17)14-5-9-6-15-16-7-9/h1-4,6-7H,5,8H2,(H,14,17)(H,15,16). The molecule has 0 atom stereocenters. The first-order chi connectivity index (χ1) is 8.74. The Bertz CT molecular complexity index is 514. The Hall–Kier alpha value is -2.37. The molecular formula is C12H12FN3O2. The number of hydrogen-bond donors (Lipinski definition) is 2. The van der Waals surface area contributed by atoms with Crippen LogP contribution in [0.4, 0.5) is 4.39 Å². The van der Waals surface area contributed by atoms with Crippen LogP contribution in [-0.2, 0) is 11.3 Å². The van der Waals surface area contributed by atoms with Crippen LogP contribution in [-0.4, -0.2) is 22.7 Å². The van der Waals surface area contributed by atoms with Gasteiger partial charge in [-0.05, 0) is 12.1 Å². The summed E-state index contributed by atoms with van der Waals surface area (Å²) in [7, 11) is 0. The monoisotopic (exact) mass is 249 g/mol. The van der Waals surface area contributed by atoms with Crippen LogP contribution in [0.1, 0.15) is 5.56 Å². The number of nitrogens with one attached hydrogen (secondary N) is 2. The van der Waals surface area contributed by atoms with Gasteiger partial charge in [0.15, 0.2) is 6.61 Å². The molecule has 2 N–H and O–H groups in total. The van der Waals surface area contributed by atoms with Gasteiger partial charge in [-0.1, -0.05) is 6.07 Å². The lowest BCUT2D eigenvalue weighted by molar-refractivity contribution is -0.123. The Morgan fingerprint density at radius 1 is 1.50 bits per heavy atom. The second kappa shape index (κ2) is 5.81. The zero-order valence-electron chi connectivity index (χ0n) is 9.52. The SMILES string of the molecule is O=C(COc1cccc(F)c1)NCc1cn[nH]c1. The summed E-state index contributed by atoms with van der Waals surface area (Å²) in [6.07, 6.45) is 3.31. The van der Waals surface area contributed by atoms with E-state index < -0.39 is 5.82 Å². The molecule has 1 aromatic heterocycles. The molecule has 1 heterocycles. The molecule has 6 heteroatoms. The quantitative estimate of drug-likeness (QED) is 0.837. The summed E-state index contributed by atoms with van der Waals surface area (Å²) in [6.45, 7) is 0.225. The van der Waals surface area contributed by atoms with Crippen LogP contribution in [0, 0.1) is 5.82 Å². The molecule has 0 bridgehead atoms. The van der Waals surface area contributed by atoms with E-state index in [-0.39, 0.29) is 12.5 Å². The van der Waals surface area contributed by atoms with Gasteiger partial charge >= 0.3 is 0 Å². The lowest BCUT2D eigenvalue weighted by atomic mass is 10.3. The number of hydrogen-bond acceptors (Lipinski definition) is 3. The number of carbonyl (C=O) groups excluding carboxylic acids is 1. The van der Waals surface area contributed by atoms with Gasteiger partial charge in [0.1, 0.15) is 11.6 Å². The van der Waals surface area contributed by atoms with Gasteiger partial charge < -0.3 is 10.1 Å². The number of rotatable bonds is 5. The van der Waals surface area contributed by atoms with Crippen LogP contribution < -0.4 is 10.1 Å². The summed E-state index contributed by atoms with van der Waals surface area (Å²) in [5.74, 6) is -0.347. The predicted octanol–water partition coefficient (Wildman–Crippen LogP) is 1.24. The third kappa shape index (κ3) is 3.58. The average molecular weight is 249 g/mol. The molecule has 0 radical (unpaired) electrons. The van der Waals surface area contributed by atoms with Gasteiger partial charge in [-0.15, -0.1) is 0 Å². The molecule has 1 aromatic carbocycles. The Kier molecular flexibility index (Phi) is 3.90. The maximum atomic E-state index is 12.8. The second-order valence-electron chi connectivity index (χ2n) is 3.63. The van der Waals surface area contributed by atoms with Crippen molar-refractivity contribution in [3.8, 4) is 5.75 Å². The van der Waals surface area contributed by atoms with Crippen LogP contribution in [0.2, 0.25) is 0 Å². The lowest BCUT2D eigenvalue weighted by Gasteiger charge is -2.06. The van der Waals surface area contributed by atoms with E-state index in [2.05, 4.69) is 15.5 Å². The molecule has 5 nitrogen and oxygen atoms in total. The maximum Gasteiger partial charge on any atom is 0.258 e. The van der Waals surface area contributed by atoms with E-state index in [1.54, 1.807) is 18.5 Å². The van der Waals surface area contributed by atoms with Crippen molar-refractivity contribution < 1.29 is 13.9 Å². The smallest absolute Gasteiger partial charge is 0.258 e. The molecule has 94 valence electrons. The molecule has 0 aliphatic rings. The van der Waals surface area contributed by atoms with Gasteiger partial charge in [-0.3, -0.25) is 9.89 Å². The molecule has 0 aliphatic carbocycles. The summed E-state index contributed by atoms with van der Waals surface area (Å²) in [6, 6.07) is 5.65. The number of amides is 1. The van der Waals surface area contributed by atoms with Crippen molar-refractivity contribution in [1.29, 1.82) is 0 Å². The van der Waals surface area contributed by atoms with Gasteiger partial charge in [0.05, 0.1) is 6.20 Å². The Balaban J connectivity index is 1.75. The molecule has 0 aliphatic heterocycles. The van der Waals surface area contributed by atoms with Crippen molar-refractivity contribution in [2.24, 2.45) is 0 Å². The van der Waals surface area contributed by atoms with E-state index >= 15 is 0 Å². The normalized spacial score (nSPS) is 10.1. The molecule has 2 aromatic rings. The Morgan fingerprint density at radius 2 is 2.39 bits per heavy atom. The first-order valence-electron chi connectivity index (χ1n) is 5.37. The average Bonchev–Trinajstić information content (AvgIpc) is 2.87. The van der Waals surface area contributed by atoms with Gasteiger partial charge in [0, 0.05) is 24.4 Å². The van der Waals surface area contributed by atoms with Crippen molar-refractivity contribution in [2.75, 3.05) is 6.61 Å². The van der Waals surface area contributed by atoms with Gasteiger partial charge in [-0.2, -0.15) is 5.10 Å². The number of benzene rings is 1. The summed E-state index contributed by atoms with van der Waals surface area (Å²) in [5.41, 5.74) is 0.870. The summed E-state index contributed by atoms with van der Waals surface area (Å²) in [5, 5.41) is 9.05. The number of nitrogens with zero attached hydrogens (tertiary/aromatic N) is 1. The first-order valence-corrected chi connectivity index (χ1v) is 5.37. The summed E-state index contributed by atoms with van der Waals surface area (Å²) in [4.78, 5) is 11.4. The fraction of sp³-hybridized carbons (Fsp3) is 0.167. The molecule has 0 unspecified atom stereocenters. The number of carbonyl (C=O) groups is 1. The van der Waals surface area contributed by atoms with Crippen LogP contribution in [0.25, 0.3) is 0 Å². The van der Waals surface area contributed by atoms with E-state index in [0.717, 1.165) is 5.56 Å². The lowest BCUT2D eigenvalue weighted by Crippen LogP contribution is -2.28. The van der Waals surface area contributed by atoms with Crippen molar-refractivity contribution in [2.45, 2.75) is 6.54 Å². The molecule has 0 fully saturated rings. The predicted molar refractivity (Wildman–Crippen MR) is 62.3 cm³/mol. The van der Waals surface area contributed by atoms with Crippen molar-refractivity contribution in [3.63, 3.8) is 0 Å². The topological polar surface area (TPSA) is 67.0 Å². The molecule has 2 rings (SSSR count). The molecule has 0 saturated heterocycles. The Morgan fingerprint density at radius 3 is 3.11 bits per heavy atom. The molecule has 1 amide bonds. The minimum absolute atomic E-state index is 0.151. The number of H-pyrrole nitrogens is 1. The minimum Gasteiger partial charge on any atom is -0.484 e. The van der Waals surface area contributed by atoms with Crippen LogP contribution in [0.3, 0.4) is 0 Å². The maximum absolute atomic E-state index is 12.8. The number of halogens is 1. The fourth-order valence-electron chi connectivity index (χ4n) is 1.33. The van der Waals surface area contributed by atoms with Crippen LogP contribution >= 0.6 is 0 Å². The van der Waals surface area contributed by atoms with Gasteiger partial charge in [0.2, 0.25) is 0 Å². The second-order valence-corrected chi connectivity index (χ2v) is 3.63. The molecule has 18 heavy (non-hydrogen) atoms. The molecule has 0 saturated carbocycles. The van der Waals surface area contributed by atoms with Crippen LogP contribution in [0.5, 0.6) is 5.75 Å². The summed E-state index contributed by atoms with van der Waals surface area (Å²) >= 11 is 0. The number of aromatic amines is 1. The van der Waals surface area contributed by atoms with Crippen molar-refractivity contribution in [3.05, 3.63) is 48.0 Å². The molecular weight excluding hydrogens is 237 g/mol. The van der Waals surface area contributed by atoms with E-state index in [1.165, 1.54) is 18.2 Å². The minimum atomic E-state index is -0.397. The third-order valence-corrected chi connectivity index (χ3v) is 2.21. The Labute approximate surface area is 103 Å². The van der Waals surface area contributed by atoms with Gasteiger partial charge in [-0.25, -0.2) is 4.39 Å². The number of aromatic nitrogens is 2. The number of ether oxygens (including phenoxy) is 1. The fourth-order valence-corrected chi connectivity index (χ4v) is 1.33. The van der Waals surface area contributed by atoms with Crippen molar-refractivity contribution in [1.82, 2.24) is 15.5 Å². The van der Waals surface area contributed by atoms with E-state index in [9.17, 15) is 9.18 Å². The third-order valence-electron chi connectivity index (χ3n) is 2.21. The highest BCUT2D eigenvalue weighted by Gasteiger charge is 2.03. The van der Waals surface area contributed by atoms with E-state index in [4.69, 9.17) is 4.74 Å². The van der Waals surface area contributed by atoms with Crippen molar-refractivity contribution >= 4 is 5.91 Å².